The normalized spacial score (nSPS) is 10.4. The van der Waals surface area contributed by atoms with Gasteiger partial charge in [0.15, 0.2) is 0 Å². The van der Waals surface area contributed by atoms with Gasteiger partial charge in [-0.05, 0) is 80.3 Å². The summed E-state index contributed by atoms with van der Waals surface area (Å²) >= 11 is 0. The highest BCUT2D eigenvalue weighted by Crippen LogP contribution is 2.33. The number of aryl methyl sites for hydroxylation is 1. The maximum Gasteiger partial charge on any atom is 0.338 e. The molecule has 0 aromatic heterocycles. The Hall–Kier alpha value is -4.71. The second-order valence-corrected chi connectivity index (χ2v) is 10.6. The third-order valence-corrected chi connectivity index (χ3v) is 6.29. The number of rotatable bonds is 10. The molecule has 0 bridgehead atoms. The fourth-order valence-corrected chi connectivity index (χ4v) is 3.64. The van der Waals surface area contributed by atoms with Gasteiger partial charge in [0.25, 0.3) is 0 Å². The second-order valence-electron chi connectivity index (χ2n) is 10.6. The Bertz CT molecular complexity index is 1350. The molecular formula is C36H40O6. The maximum absolute atomic E-state index is 11.6. The quantitative estimate of drug-likeness (QED) is 0.140. The molecule has 0 aliphatic carbocycles. The van der Waals surface area contributed by atoms with Crippen LogP contribution < -0.4 is 14.2 Å². The van der Waals surface area contributed by atoms with Crippen molar-refractivity contribution in [3.05, 3.63) is 126 Å². The predicted octanol–water partition coefficient (Wildman–Crippen LogP) is 8.10. The largest absolute Gasteiger partial charge is 0.423 e. The fraction of sp³-hybridized carbons (Fsp3) is 0.250. The molecule has 0 saturated heterocycles. The van der Waals surface area contributed by atoms with E-state index in [0.29, 0.717) is 34.0 Å². The lowest BCUT2D eigenvalue weighted by Gasteiger charge is -2.26. The van der Waals surface area contributed by atoms with Crippen LogP contribution in [0.15, 0.2) is 109 Å². The highest BCUT2D eigenvalue weighted by molar-refractivity contribution is 5.89. The molecule has 0 heterocycles. The van der Waals surface area contributed by atoms with Crippen LogP contribution in [-0.4, -0.2) is 17.9 Å². The van der Waals surface area contributed by atoms with Crippen molar-refractivity contribution in [2.45, 2.75) is 59.8 Å². The summed E-state index contributed by atoms with van der Waals surface area (Å²) in [5.74, 6) is 0.263. The minimum Gasteiger partial charge on any atom is -0.423 e. The van der Waals surface area contributed by atoms with E-state index >= 15 is 0 Å². The molecule has 220 valence electrons. The summed E-state index contributed by atoms with van der Waals surface area (Å²) in [5.41, 5.74) is 4.21. The van der Waals surface area contributed by atoms with Crippen molar-refractivity contribution < 1.29 is 28.6 Å². The van der Waals surface area contributed by atoms with Gasteiger partial charge >= 0.3 is 17.9 Å². The highest BCUT2D eigenvalue weighted by Gasteiger charge is 2.23. The Morgan fingerprint density at radius 1 is 0.571 bits per heavy atom. The van der Waals surface area contributed by atoms with Crippen molar-refractivity contribution in [2.24, 2.45) is 0 Å². The van der Waals surface area contributed by atoms with Crippen LogP contribution in [0.5, 0.6) is 17.2 Å². The fourth-order valence-electron chi connectivity index (χ4n) is 3.64. The number of hydrogen-bond donors (Lipinski definition) is 0. The van der Waals surface area contributed by atoms with Crippen LogP contribution in [0.1, 0.15) is 64.7 Å². The molecule has 0 atom stereocenters. The third-order valence-electron chi connectivity index (χ3n) is 6.29. The van der Waals surface area contributed by atoms with Crippen molar-refractivity contribution in [1.82, 2.24) is 0 Å². The maximum atomic E-state index is 11.6. The SMILES string of the molecule is C=C(C)C(=O)Oc1ccc(C(C)(C)c2ccc(OC(=O)C(=C)C)cc2)cc1.C=C(C)C(=O)Oc1ccc(CCC)cc1. The molecule has 0 aliphatic heterocycles. The van der Waals surface area contributed by atoms with Gasteiger partial charge in [0.1, 0.15) is 17.2 Å². The van der Waals surface area contributed by atoms with Crippen molar-refractivity contribution in [2.75, 3.05) is 0 Å². The lowest BCUT2D eigenvalue weighted by atomic mass is 9.78. The zero-order chi connectivity index (χ0) is 31.4. The van der Waals surface area contributed by atoms with E-state index in [0.717, 1.165) is 24.0 Å². The van der Waals surface area contributed by atoms with E-state index in [4.69, 9.17) is 14.2 Å². The van der Waals surface area contributed by atoms with Gasteiger partial charge in [-0.15, -0.1) is 0 Å². The molecule has 0 spiro atoms. The molecule has 0 amide bonds. The monoisotopic (exact) mass is 568 g/mol. The Kier molecular flexibility index (Phi) is 12.2. The van der Waals surface area contributed by atoms with Gasteiger partial charge in [-0.3, -0.25) is 0 Å². The Labute approximate surface area is 249 Å². The number of esters is 3. The van der Waals surface area contributed by atoms with Gasteiger partial charge < -0.3 is 14.2 Å². The summed E-state index contributed by atoms with van der Waals surface area (Å²) in [6.07, 6.45) is 2.17. The van der Waals surface area contributed by atoms with E-state index in [2.05, 4.69) is 40.5 Å². The molecule has 0 unspecified atom stereocenters. The number of carbonyl (C=O) groups is 3. The average molecular weight is 569 g/mol. The summed E-state index contributed by atoms with van der Waals surface area (Å²) in [7, 11) is 0. The summed E-state index contributed by atoms with van der Waals surface area (Å²) in [6.45, 7) is 21.8. The number of benzene rings is 3. The minimum atomic E-state index is -0.443. The zero-order valence-electron chi connectivity index (χ0n) is 25.4. The minimum absolute atomic E-state index is 0.284. The molecule has 6 nitrogen and oxygen atoms in total. The molecule has 0 radical (unpaired) electrons. The van der Waals surface area contributed by atoms with E-state index in [1.807, 2.05) is 48.5 Å². The van der Waals surface area contributed by atoms with Crippen molar-refractivity contribution in [1.29, 1.82) is 0 Å². The van der Waals surface area contributed by atoms with Crippen LogP contribution in [0.3, 0.4) is 0 Å². The Balaban J connectivity index is 0.000000347. The number of carbonyl (C=O) groups excluding carboxylic acids is 3. The molecule has 0 aliphatic rings. The first-order chi connectivity index (χ1) is 19.7. The highest BCUT2D eigenvalue weighted by atomic mass is 16.5. The first kappa shape index (κ1) is 33.5. The van der Waals surface area contributed by atoms with E-state index in [-0.39, 0.29) is 11.4 Å². The summed E-state index contributed by atoms with van der Waals surface area (Å²) < 4.78 is 15.5. The van der Waals surface area contributed by atoms with Gasteiger partial charge in [-0.1, -0.05) is 83.3 Å². The smallest absolute Gasteiger partial charge is 0.338 e. The van der Waals surface area contributed by atoms with E-state index in [1.165, 1.54) is 5.56 Å². The van der Waals surface area contributed by atoms with E-state index in [1.54, 1.807) is 45.0 Å². The van der Waals surface area contributed by atoms with Crippen molar-refractivity contribution >= 4 is 17.9 Å². The first-order valence-electron chi connectivity index (χ1n) is 13.7. The second kappa shape index (κ2) is 15.3. The lowest BCUT2D eigenvalue weighted by Crippen LogP contribution is -2.19. The zero-order valence-corrected chi connectivity index (χ0v) is 25.4. The van der Waals surface area contributed by atoms with Crippen LogP contribution in [0, 0.1) is 0 Å². The topological polar surface area (TPSA) is 78.9 Å². The van der Waals surface area contributed by atoms with Gasteiger partial charge in [-0.2, -0.15) is 0 Å². The Morgan fingerprint density at radius 3 is 1.12 bits per heavy atom. The van der Waals surface area contributed by atoms with E-state index < -0.39 is 11.9 Å². The average Bonchev–Trinajstić information content (AvgIpc) is 2.95. The van der Waals surface area contributed by atoms with Crippen LogP contribution >= 0.6 is 0 Å². The van der Waals surface area contributed by atoms with Crippen LogP contribution in [0.4, 0.5) is 0 Å². The molecule has 3 aromatic rings. The van der Waals surface area contributed by atoms with E-state index in [9.17, 15) is 14.4 Å². The first-order valence-corrected chi connectivity index (χ1v) is 13.7. The molecule has 0 fully saturated rings. The number of ether oxygens (including phenoxy) is 3. The molecule has 3 rings (SSSR count). The van der Waals surface area contributed by atoms with Gasteiger partial charge in [0.05, 0.1) is 0 Å². The van der Waals surface area contributed by atoms with Gasteiger partial charge in [0, 0.05) is 22.1 Å². The summed E-state index contributed by atoms with van der Waals surface area (Å²) in [5, 5.41) is 0. The molecule has 42 heavy (non-hydrogen) atoms. The predicted molar refractivity (Wildman–Crippen MR) is 167 cm³/mol. The van der Waals surface area contributed by atoms with Gasteiger partial charge in [-0.25, -0.2) is 14.4 Å². The van der Waals surface area contributed by atoms with Crippen molar-refractivity contribution in [3.8, 4) is 17.2 Å². The Morgan fingerprint density at radius 2 is 0.857 bits per heavy atom. The van der Waals surface area contributed by atoms with Crippen LogP contribution in [-0.2, 0) is 26.2 Å². The lowest BCUT2D eigenvalue weighted by molar-refractivity contribution is -0.130. The van der Waals surface area contributed by atoms with Gasteiger partial charge in [0.2, 0.25) is 0 Å². The third kappa shape index (κ3) is 10.0. The summed E-state index contributed by atoms with van der Waals surface area (Å²) in [4.78, 5) is 34.4. The molecule has 0 saturated carbocycles. The molecule has 3 aromatic carbocycles. The standard InChI is InChI=1S/C23H24O4.C13H16O2/c1-15(2)21(24)26-19-11-7-17(8-12-19)23(5,6)18-9-13-20(14-10-18)27-22(25)16(3)4;1-4-5-11-6-8-12(9-7-11)15-13(14)10(2)3/h7-14H,1,3H2,2,4-6H3;6-9H,2,4-5H2,1,3H3. The van der Waals surface area contributed by atoms with Crippen LogP contribution in [0.2, 0.25) is 0 Å². The molecular weight excluding hydrogens is 528 g/mol. The van der Waals surface area contributed by atoms with Crippen molar-refractivity contribution in [3.63, 3.8) is 0 Å². The summed E-state index contributed by atoms with van der Waals surface area (Å²) in [6, 6.07) is 22.3. The number of hydrogen-bond acceptors (Lipinski definition) is 6. The molecule has 0 N–H and O–H groups in total. The van der Waals surface area contributed by atoms with Crippen LogP contribution in [0.25, 0.3) is 0 Å². The molecule has 6 heteroatoms.